The van der Waals surface area contributed by atoms with Gasteiger partial charge in [-0.2, -0.15) is 13.9 Å². The van der Waals surface area contributed by atoms with Gasteiger partial charge in [-0.05, 0) is 80.8 Å². The lowest BCUT2D eigenvalue weighted by molar-refractivity contribution is -0.116. The second-order valence-corrected chi connectivity index (χ2v) is 9.82. The molecule has 2 N–H and O–H groups in total. The Hall–Kier alpha value is -2.71. The number of nitrogens with zero attached hydrogens (tertiary/aromatic N) is 3. The van der Waals surface area contributed by atoms with E-state index in [0.717, 1.165) is 72.8 Å². The fraction of sp³-hybridized carbons (Fsp3) is 0.321. The van der Waals surface area contributed by atoms with Gasteiger partial charge in [0, 0.05) is 47.3 Å². The van der Waals surface area contributed by atoms with Gasteiger partial charge < -0.3 is 9.80 Å². The van der Waals surface area contributed by atoms with E-state index in [1.54, 1.807) is 12.1 Å². The molecular formula is C28H33N3O4S2. The zero-order valence-electron chi connectivity index (χ0n) is 21.5. The van der Waals surface area contributed by atoms with Crippen molar-refractivity contribution >= 4 is 35.5 Å². The first-order chi connectivity index (χ1) is 18.0. The molecule has 0 radical (unpaired) electrons. The lowest BCUT2D eigenvalue weighted by Gasteiger charge is -2.32. The molecular weight excluding hydrogens is 506 g/mol. The van der Waals surface area contributed by atoms with E-state index in [2.05, 4.69) is 52.2 Å². The molecule has 0 bridgehead atoms. The molecule has 0 aliphatic carbocycles. The van der Waals surface area contributed by atoms with E-state index >= 15 is 0 Å². The van der Waals surface area contributed by atoms with Crippen molar-refractivity contribution in [2.24, 2.45) is 0 Å². The highest BCUT2D eigenvalue weighted by atomic mass is 32.2. The van der Waals surface area contributed by atoms with Crippen molar-refractivity contribution < 1.29 is 19.2 Å². The second-order valence-electron chi connectivity index (χ2n) is 8.27. The summed E-state index contributed by atoms with van der Waals surface area (Å²) in [4.78, 5) is 5.61. The number of rotatable bonds is 13. The third-order valence-corrected chi connectivity index (χ3v) is 7.76. The number of anilines is 2. The van der Waals surface area contributed by atoms with Gasteiger partial charge in [-0.15, -0.1) is 0 Å². The second kappa shape index (κ2) is 13.7. The topological polar surface area (TPSA) is 89.2 Å². The Labute approximate surface area is 227 Å². The van der Waals surface area contributed by atoms with Crippen molar-refractivity contribution in [1.29, 1.82) is 5.26 Å². The Balaban J connectivity index is 2.27. The summed E-state index contributed by atoms with van der Waals surface area (Å²) in [5, 5.41) is 29.1. The summed E-state index contributed by atoms with van der Waals surface area (Å²) in [5.41, 5.74) is 3.19. The molecule has 0 saturated carbocycles. The molecule has 0 unspecified atom stereocenters. The van der Waals surface area contributed by atoms with Crippen LogP contribution < -0.4 is 9.80 Å². The maximum atomic E-state index is 10.9. The fourth-order valence-corrected chi connectivity index (χ4v) is 5.72. The van der Waals surface area contributed by atoms with E-state index < -0.39 is 5.41 Å². The van der Waals surface area contributed by atoms with Crippen LogP contribution in [0.1, 0.15) is 44.4 Å². The molecule has 3 rings (SSSR count). The molecule has 0 fully saturated rings. The third-order valence-electron chi connectivity index (χ3n) is 6.64. The van der Waals surface area contributed by atoms with Gasteiger partial charge in [0.15, 0.2) is 0 Å². The Bertz CT molecular complexity index is 1120. The third kappa shape index (κ3) is 6.07. The van der Waals surface area contributed by atoms with Gasteiger partial charge in [0.25, 0.3) is 0 Å². The molecule has 0 aliphatic heterocycles. The maximum absolute atomic E-state index is 10.9. The summed E-state index contributed by atoms with van der Waals surface area (Å²) in [6, 6.07) is 24.0. The van der Waals surface area contributed by atoms with Crippen LogP contribution in [0.4, 0.5) is 11.4 Å². The van der Waals surface area contributed by atoms with Crippen molar-refractivity contribution in [3.63, 3.8) is 0 Å². The fourth-order valence-electron chi connectivity index (χ4n) is 4.71. The van der Waals surface area contributed by atoms with E-state index in [1.807, 2.05) is 54.6 Å². The highest BCUT2D eigenvalue weighted by Gasteiger charge is 2.39. The number of nitriles is 1. The Kier molecular flexibility index (Phi) is 10.7. The van der Waals surface area contributed by atoms with Gasteiger partial charge in [-0.1, -0.05) is 30.3 Å². The van der Waals surface area contributed by atoms with Crippen LogP contribution in [0.2, 0.25) is 0 Å². The molecule has 0 saturated heterocycles. The summed E-state index contributed by atoms with van der Waals surface area (Å²) >= 11 is 1.51. The molecule has 0 aromatic heterocycles. The minimum absolute atomic E-state index is 0.520. The summed E-state index contributed by atoms with van der Waals surface area (Å²) in [6.07, 6.45) is 0. The molecule has 196 valence electrons. The van der Waals surface area contributed by atoms with Gasteiger partial charge in [0.05, 0.1) is 30.2 Å². The number of hydrogen-bond donors (Lipinski definition) is 2. The molecule has 0 amide bonds. The maximum Gasteiger partial charge on any atom is 0.133 e. The molecule has 9 heteroatoms. The molecule has 0 aliphatic rings. The van der Waals surface area contributed by atoms with Crippen LogP contribution in [0.25, 0.3) is 0 Å². The van der Waals surface area contributed by atoms with Crippen LogP contribution in [-0.2, 0) is 14.1 Å². The van der Waals surface area contributed by atoms with Crippen molar-refractivity contribution in [3.05, 3.63) is 83.4 Å². The van der Waals surface area contributed by atoms with E-state index in [4.69, 9.17) is 5.26 Å². The number of hydrogen-bond acceptors (Lipinski definition) is 9. The largest absolute Gasteiger partial charge is 0.372 e. The average molecular weight is 540 g/mol. The Morgan fingerprint density at radius 3 is 1.57 bits per heavy atom. The molecule has 0 spiro atoms. The Morgan fingerprint density at radius 1 is 0.730 bits per heavy atom. The SMILES string of the molecule is CCN(CC)c1ccc(C(C#N)(c2ccc(N(CC)CC)cc2)c2ccc(SOO)cc2SOO)cc1. The van der Waals surface area contributed by atoms with E-state index in [9.17, 15) is 10.5 Å². The van der Waals surface area contributed by atoms with Gasteiger partial charge in [0.1, 0.15) is 5.41 Å². The molecule has 0 atom stereocenters. The summed E-state index contributed by atoms with van der Waals surface area (Å²) in [5.74, 6) is 0. The molecule has 3 aromatic carbocycles. The minimum Gasteiger partial charge on any atom is -0.372 e. The predicted octanol–water partition coefficient (Wildman–Crippen LogP) is 7.23. The molecule has 7 nitrogen and oxygen atoms in total. The molecule has 3 aromatic rings. The zero-order chi connectivity index (χ0) is 26.8. The highest BCUT2D eigenvalue weighted by molar-refractivity contribution is 7.95. The van der Waals surface area contributed by atoms with Gasteiger partial charge in [0.2, 0.25) is 0 Å². The van der Waals surface area contributed by atoms with Crippen molar-refractivity contribution in [3.8, 4) is 6.07 Å². The van der Waals surface area contributed by atoms with Gasteiger partial charge >= 0.3 is 0 Å². The smallest absolute Gasteiger partial charge is 0.133 e. The van der Waals surface area contributed by atoms with E-state index in [0.29, 0.717) is 15.4 Å². The minimum atomic E-state index is -1.20. The van der Waals surface area contributed by atoms with Crippen LogP contribution >= 0.6 is 24.1 Å². The normalized spacial score (nSPS) is 11.3. The van der Waals surface area contributed by atoms with Crippen molar-refractivity contribution in [1.82, 2.24) is 0 Å². The number of benzene rings is 3. The van der Waals surface area contributed by atoms with Crippen LogP contribution in [0.5, 0.6) is 0 Å². The monoisotopic (exact) mass is 539 g/mol. The first-order valence-corrected chi connectivity index (χ1v) is 13.7. The summed E-state index contributed by atoms with van der Waals surface area (Å²) in [6.45, 7) is 12.0. The average Bonchev–Trinajstić information content (AvgIpc) is 2.93. The van der Waals surface area contributed by atoms with Crippen molar-refractivity contribution in [2.75, 3.05) is 36.0 Å². The quantitative estimate of drug-likeness (QED) is 0.101. The lowest BCUT2D eigenvalue weighted by atomic mass is 9.70. The van der Waals surface area contributed by atoms with Gasteiger partial charge in [-0.3, -0.25) is 0 Å². The summed E-state index contributed by atoms with van der Waals surface area (Å²) < 4.78 is 8.68. The van der Waals surface area contributed by atoms with Crippen molar-refractivity contribution in [2.45, 2.75) is 42.9 Å². The molecule has 0 heterocycles. The van der Waals surface area contributed by atoms with Crippen LogP contribution in [0.3, 0.4) is 0 Å². The predicted molar refractivity (Wildman–Crippen MR) is 151 cm³/mol. The van der Waals surface area contributed by atoms with E-state index in [-0.39, 0.29) is 0 Å². The standard InChI is InChI=1S/C28H33N3O4S2/c1-5-30(6-2)23-13-9-21(10-14-23)28(20-29,22-11-15-24(16-12-22)31(7-3)8-4)26-18-17-25(36-34-32)19-27(26)37-35-33/h9-19,32-33H,5-8H2,1-4H3. The first kappa shape index (κ1) is 28.9. The first-order valence-electron chi connectivity index (χ1n) is 12.3. The van der Waals surface area contributed by atoms with Crippen LogP contribution in [-0.4, -0.2) is 36.7 Å². The van der Waals surface area contributed by atoms with E-state index in [1.165, 1.54) is 0 Å². The van der Waals surface area contributed by atoms with Gasteiger partial charge in [-0.25, -0.2) is 10.5 Å². The highest BCUT2D eigenvalue weighted by Crippen LogP contribution is 2.45. The zero-order valence-corrected chi connectivity index (χ0v) is 23.2. The van der Waals surface area contributed by atoms with Crippen LogP contribution in [0, 0.1) is 11.3 Å². The van der Waals surface area contributed by atoms with Crippen LogP contribution in [0.15, 0.2) is 76.5 Å². The summed E-state index contributed by atoms with van der Waals surface area (Å²) in [7, 11) is 0. The lowest BCUT2D eigenvalue weighted by Crippen LogP contribution is -2.29. The molecule has 37 heavy (non-hydrogen) atoms. The Morgan fingerprint density at radius 2 is 1.19 bits per heavy atom.